The summed E-state index contributed by atoms with van der Waals surface area (Å²) < 4.78 is 10.6. The van der Waals surface area contributed by atoms with Gasteiger partial charge in [-0.15, -0.1) is 0 Å². The Morgan fingerprint density at radius 3 is 2.60 bits per heavy atom. The van der Waals surface area contributed by atoms with E-state index in [9.17, 15) is 0 Å². The predicted molar refractivity (Wildman–Crippen MR) is 61.0 cm³/mol. The van der Waals surface area contributed by atoms with Crippen LogP contribution in [-0.2, 0) is 4.74 Å². The van der Waals surface area contributed by atoms with Crippen molar-refractivity contribution in [3.8, 4) is 5.75 Å². The highest BCUT2D eigenvalue weighted by Gasteiger charge is 2.22. The van der Waals surface area contributed by atoms with Gasteiger partial charge in [0.2, 0.25) is 0 Å². The highest BCUT2D eigenvalue weighted by molar-refractivity contribution is 5.52. The lowest BCUT2D eigenvalue weighted by Crippen LogP contribution is -2.03. The smallest absolute Gasteiger partial charge is 0.119 e. The van der Waals surface area contributed by atoms with Crippen molar-refractivity contribution in [3.63, 3.8) is 0 Å². The summed E-state index contributed by atoms with van der Waals surface area (Å²) in [6, 6.07) is 8.13. The van der Waals surface area contributed by atoms with Gasteiger partial charge in [-0.2, -0.15) is 0 Å². The van der Waals surface area contributed by atoms with Crippen molar-refractivity contribution >= 4 is 6.08 Å². The van der Waals surface area contributed by atoms with E-state index < -0.39 is 0 Å². The third kappa shape index (κ3) is 3.40. The molecule has 80 valence electrons. The molecule has 1 atom stereocenters. The zero-order valence-electron chi connectivity index (χ0n) is 9.19. The van der Waals surface area contributed by atoms with Crippen LogP contribution in [0.2, 0.25) is 0 Å². The van der Waals surface area contributed by atoms with E-state index in [1.54, 1.807) is 0 Å². The summed E-state index contributed by atoms with van der Waals surface area (Å²) >= 11 is 0. The molecule has 1 saturated heterocycles. The zero-order valence-corrected chi connectivity index (χ0v) is 9.19. The second-order valence-corrected chi connectivity index (χ2v) is 4.06. The van der Waals surface area contributed by atoms with Gasteiger partial charge < -0.3 is 9.47 Å². The van der Waals surface area contributed by atoms with Crippen LogP contribution in [0.15, 0.2) is 29.8 Å². The van der Waals surface area contributed by atoms with Crippen LogP contribution in [0, 0.1) is 0 Å². The summed E-state index contributed by atoms with van der Waals surface area (Å²) in [5.41, 5.74) is 2.51. The Balaban J connectivity index is 1.93. The molecule has 1 heterocycles. The van der Waals surface area contributed by atoms with Crippen LogP contribution >= 0.6 is 0 Å². The van der Waals surface area contributed by atoms with E-state index in [1.807, 2.05) is 12.1 Å². The summed E-state index contributed by atoms with van der Waals surface area (Å²) in [5, 5.41) is 0. The van der Waals surface area contributed by atoms with Gasteiger partial charge in [-0.05, 0) is 31.5 Å². The maximum Gasteiger partial charge on any atom is 0.119 e. The number of benzene rings is 1. The first kappa shape index (κ1) is 10.2. The molecular weight excluding hydrogens is 188 g/mol. The zero-order chi connectivity index (χ0) is 10.7. The molecule has 0 spiro atoms. The van der Waals surface area contributed by atoms with Gasteiger partial charge in [-0.3, -0.25) is 0 Å². The molecule has 1 fully saturated rings. The monoisotopic (exact) mass is 204 g/mol. The number of hydrogen-bond donors (Lipinski definition) is 0. The molecule has 0 aromatic heterocycles. The average Bonchev–Trinajstić information content (AvgIpc) is 2.99. The van der Waals surface area contributed by atoms with Gasteiger partial charge in [0, 0.05) is 0 Å². The van der Waals surface area contributed by atoms with E-state index in [4.69, 9.17) is 9.47 Å². The van der Waals surface area contributed by atoms with E-state index in [2.05, 4.69) is 32.1 Å². The molecule has 0 bridgehead atoms. The molecule has 1 aliphatic rings. The SMILES string of the molecule is CC(C)=Cc1ccc(OCC2CO2)cc1. The Kier molecular flexibility index (Phi) is 3.07. The maximum atomic E-state index is 5.54. The normalized spacial score (nSPS) is 18.4. The molecular formula is C13H16O2. The molecule has 0 saturated carbocycles. The fourth-order valence-electron chi connectivity index (χ4n) is 1.35. The van der Waals surface area contributed by atoms with Gasteiger partial charge in [0.15, 0.2) is 0 Å². The maximum absolute atomic E-state index is 5.54. The summed E-state index contributed by atoms with van der Waals surface area (Å²) in [4.78, 5) is 0. The van der Waals surface area contributed by atoms with Crippen LogP contribution < -0.4 is 4.74 Å². The van der Waals surface area contributed by atoms with Crippen molar-refractivity contribution in [2.45, 2.75) is 20.0 Å². The van der Waals surface area contributed by atoms with Gasteiger partial charge in [-0.25, -0.2) is 0 Å². The Morgan fingerprint density at radius 2 is 2.07 bits per heavy atom. The number of allylic oxidation sites excluding steroid dienone is 1. The van der Waals surface area contributed by atoms with Crippen LogP contribution in [0.3, 0.4) is 0 Å². The van der Waals surface area contributed by atoms with Crippen LogP contribution in [0.1, 0.15) is 19.4 Å². The summed E-state index contributed by atoms with van der Waals surface area (Å²) in [5.74, 6) is 0.913. The van der Waals surface area contributed by atoms with Crippen molar-refractivity contribution in [3.05, 3.63) is 35.4 Å². The van der Waals surface area contributed by atoms with Crippen LogP contribution in [0.4, 0.5) is 0 Å². The molecule has 2 rings (SSSR count). The fraction of sp³-hybridized carbons (Fsp3) is 0.385. The summed E-state index contributed by atoms with van der Waals surface area (Å²) in [6.07, 6.45) is 2.47. The Labute approximate surface area is 90.5 Å². The molecule has 15 heavy (non-hydrogen) atoms. The third-order valence-electron chi connectivity index (χ3n) is 2.17. The first-order chi connectivity index (χ1) is 7.24. The fourth-order valence-corrected chi connectivity index (χ4v) is 1.35. The highest BCUT2D eigenvalue weighted by Crippen LogP contribution is 2.16. The van der Waals surface area contributed by atoms with Crippen molar-refractivity contribution in [2.75, 3.05) is 13.2 Å². The number of epoxide rings is 1. The molecule has 1 aromatic carbocycles. The van der Waals surface area contributed by atoms with Gasteiger partial charge in [0.25, 0.3) is 0 Å². The second-order valence-electron chi connectivity index (χ2n) is 4.06. The predicted octanol–water partition coefficient (Wildman–Crippen LogP) is 2.89. The van der Waals surface area contributed by atoms with Crippen molar-refractivity contribution in [1.29, 1.82) is 0 Å². The molecule has 1 aliphatic heterocycles. The second kappa shape index (κ2) is 4.49. The molecule has 0 N–H and O–H groups in total. The van der Waals surface area contributed by atoms with Crippen molar-refractivity contribution in [1.82, 2.24) is 0 Å². The lowest BCUT2D eigenvalue weighted by Gasteiger charge is -2.04. The number of ether oxygens (including phenoxy) is 2. The Bertz CT molecular complexity index is 343. The topological polar surface area (TPSA) is 21.8 Å². The first-order valence-corrected chi connectivity index (χ1v) is 5.23. The standard InChI is InChI=1S/C13H16O2/c1-10(2)7-11-3-5-12(6-4-11)14-8-13-9-15-13/h3-7,13H,8-9H2,1-2H3. The Morgan fingerprint density at radius 1 is 1.40 bits per heavy atom. The highest BCUT2D eigenvalue weighted by atomic mass is 16.6. The quantitative estimate of drug-likeness (QED) is 0.703. The van der Waals surface area contributed by atoms with Gasteiger partial charge >= 0.3 is 0 Å². The molecule has 0 amide bonds. The van der Waals surface area contributed by atoms with E-state index in [0.29, 0.717) is 12.7 Å². The van der Waals surface area contributed by atoms with E-state index in [0.717, 1.165) is 12.4 Å². The number of rotatable bonds is 4. The summed E-state index contributed by atoms with van der Waals surface area (Å²) in [7, 11) is 0. The van der Waals surface area contributed by atoms with Crippen molar-refractivity contribution < 1.29 is 9.47 Å². The van der Waals surface area contributed by atoms with Crippen LogP contribution in [0.25, 0.3) is 6.08 Å². The molecule has 1 aromatic rings. The van der Waals surface area contributed by atoms with E-state index in [1.165, 1.54) is 11.1 Å². The van der Waals surface area contributed by atoms with E-state index >= 15 is 0 Å². The van der Waals surface area contributed by atoms with Gasteiger partial charge in [-0.1, -0.05) is 23.8 Å². The minimum Gasteiger partial charge on any atom is -0.491 e. The largest absolute Gasteiger partial charge is 0.491 e. The Hall–Kier alpha value is -1.28. The molecule has 0 aliphatic carbocycles. The molecule has 0 radical (unpaired) electrons. The van der Waals surface area contributed by atoms with Crippen molar-refractivity contribution in [2.24, 2.45) is 0 Å². The van der Waals surface area contributed by atoms with Crippen LogP contribution in [0.5, 0.6) is 5.75 Å². The first-order valence-electron chi connectivity index (χ1n) is 5.23. The summed E-state index contributed by atoms with van der Waals surface area (Å²) in [6.45, 7) is 5.70. The lowest BCUT2D eigenvalue weighted by molar-refractivity contribution is 0.263. The minimum atomic E-state index is 0.322. The van der Waals surface area contributed by atoms with E-state index in [-0.39, 0.29) is 0 Å². The minimum absolute atomic E-state index is 0.322. The molecule has 2 nitrogen and oxygen atoms in total. The molecule has 2 heteroatoms. The third-order valence-corrected chi connectivity index (χ3v) is 2.17. The number of hydrogen-bond acceptors (Lipinski definition) is 2. The lowest BCUT2D eigenvalue weighted by atomic mass is 10.1. The average molecular weight is 204 g/mol. The van der Waals surface area contributed by atoms with Gasteiger partial charge in [0.1, 0.15) is 18.5 Å². The molecule has 1 unspecified atom stereocenters. The van der Waals surface area contributed by atoms with Crippen LogP contribution in [-0.4, -0.2) is 19.3 Å². The van der Waals surface area contributed by atoms with Gasteiger partial charge in [0.05, 0.1) is 6.61 Å².